The van der Waals surface area contributed by atoms with E-state index in [1.165, 1.54) is 11.3 Å². The molecule has 1 aliphatic heterocycles. The minimum absolute atomic E-state index is 0.349. The maximum atomic E-state index is 5.44. The molecule has 0 aliphatic carbocycles. The molecule has 31 heavy (non-hydrogen) atoms. The maximum Gasteiger partial charge on any atom is 0.274 e. The van der Waals surface area contributed by atoms with Gasteiger partial charge in [0.1, 0.15) is 29.3 Å². The first-order chi connectivity index (χ1) is 15.2. The SMILES string of the molecule is COCc1nnc2n1Cc1c(C#Cc3cnc(OC)s3)ncn1-c1ccc(OC)cc1-2. The summed E-state index contributed by atoms with van der Waals surface area (Å²) in [5.41, 5.74) is 3.45. The topological polar surface area (TPSA) is 89.1 Å². The molecular formula is C21H18N6O3S. The third kappa shape index (κ3) is 3.34. The monoisotopic (exact) mass is 434 g/mol. The fraction of sp³-hybridized carbons (Fsp3) is 0.238. The Morgan fingerprint density at radius 1 is 1.10 bits per heavy atom. The van der Waals surface area contributed by atoms with Crippen LogP contribution >= 0.6 is 11.3 Å². The van der Waals surface area contributed by atoms with Gasteiger partial charge in [0.2, 0.25) is 0 Å². The van der Waals surface area contributed by atoms with Crippen LogP contribution in [-0.4, -0.2) is 50.6 Å². The molecule has 0 saturated carbocycles. The lowest BCUT2D eigenvalue weighted by atomic mass is 10.1. The predicted molar refractivity (Wildman–Crippen MR) is 114 cm³/mol. The Bertz CT molecular complexity index is 1330. The van der Waals surface area contributed by atoms with Crippen molar-refractivity contribution in [2.24, 2.45) is 0 Å². The first-order valence-corrected chi connectivity index (χ1v) is 10.2. The molecular weight excluding hydrogens is 416 g/mol. The number of imidazole rings is 1. The molecule has 0 unspecified atom stereocenters. The first-order valence-electron chi connectivity index (χ1n) is 9.39. The molecule has 1 aliphatic rings. The highest BCUT2D eigenvalue weighted by Crippen LogP contribution is 2.34. The molecule has 4 aromatic rings. The van der Waals surface area contributed by atoms with Crippen molar-refractivity contribution in [3.05, 3.63) is 52.8 Å². The molecule has 5 rings (SSSR count). The fourth-order valence-electron chi connectivity index (χ4n) is 3.49. The van der Waals surface area contributed by atoms with E-state index in [0.717, 1.165) is 39.2 Å². The summed E-state index contributed by atoms with van der Waals surface area (Å²) in [5, 5.41) is 9.35. The van der Waals surface area contributed by atoms with Gasteiger partial charge in [0.05, 0.1) is 38.3 Å². The zero-order valence-electron chi connectivity index (χ0n) is 17.1. The van der Waals surface area contributed by atoms with Gasteiger partial charge in [-0.3, -0.25) is 4.57 Å². The molecule has 0 saturated heterocycles. The summed E-state index contributed by atoms with van der Waals surface area (Å²) in [6.45, 7) is 0.857. The van der Waals surface area contributed by atoms with Gasteiger partial charge >= 0.3 is 0 Å². The van der Waals surface area contributed by atoms with Gasteiger partial charge in [-0.1, -0.05) is 11.3 Å². The predicted octanol–water partition coefficient (Wildman–Crippen LogP) is 2.51. The summed E-state index contributed by atoms with van der Waals surface area (Å²) >= 11 is 1.39. The highest BCUT2D eigenvalue weighted by atomic mass is 32.1. The Kier molecular flexibility index (Phi) is 4.89. The number of ether oxygens (including phenoxy) is 3. The van der Waals surface area contributed by atoms with Crippen molar-refractivity contribution in [3.8, 4) is 39.9 Å². The number of thiazole rings is 1. The molecule has 0 amide bonds. The van der Waals surface area contributed by atoms with Crippen LogP contribution in [0, 0.1) is 11.8 Å². The Labute approximate surface area is 182 Å². The van der Waals surface area contributed by atoms with Crippen molar-refractivity contribution in [2.75, 3.05) is 21.3 Å². The third-order valence-electron chi connectivity index (χ3n) is 4.94. The summed E-state index contributed by atoms with van der Waals surface area (Å²) in [5.74, 6) is 8.54. The zero-order chi connectivity index (χ0) is 21.4. The largest absolute Gasteiger partial charge is 0.497 e. The molecule has 4 heterocycles. The zero-order valence-corrected chi connectivity index (χ0v) is 17.9. The molecule has 0 fully saturated rings. The highest BCUT2D eigenvalue weighted by Gasteiger charge is 2.26. The van der Waals surface area contributed by atoms with Gasteiger partial charge < -0.3 is 18.8 Å². The van der Waals surface area contributed by atoms with Gasteiger partial charge in [0, 0.05) is 12.7 Å². The standard InChI is InChI=1S/C21H18N6O3S/c1-28-11-19-24-25-20-15-8-13(29-2)4-7-17(15)27-12-23-16(18(27)10-26(19)20)6-5-14-9-22-21(30-3)31-14/h4,7-9,12H,10-11H2,1-3H3. The minimum atomic E-state index is 0.349. The smallest absolute Gasteiger partial charge is 0.274 e. The summed E-state index contributed by atoms with van der Waals surface area (Å²) in [7, 11) is 4.87. The normalized spacial score (nSPS) is 11.6. The average molecular weight is 434 g/mol. The fourth-order valence-corrected chi connectivity index (χ4v) is 4.07. The van der Waals surface area contributed by atoms with Crippen molar-refractivity contribution in [3.63, 3.8) is 0 Å². The number of benzene rings is 1. The van der Waals surface area contributed by atoms with Crippen LogP contribution in [0.2, 0.25) is 0 Å². The van der Waals surface area contributed by atoms with E-state index in [-0.39, 0.29) is 0 Å². The number of nitrogens with zero attached hydrogens (tertiary/aromatic N) is 6. The minimum Gasteiger partial charge on any atom is -0.497 e. The molecule has 0 spiro atoms. The molecule has 0 atom stereocenters. The molecule has 0 N–H and O–H groups in total. The van der Waals surface area contributed by atoms with Gasteiger partial charge in [-0.25, -0.2) is 9.97 Å². The Morgan fingerprint density at radius 2 is 2.00 bits per heavy atom. The second-order valence-corrected chi connectivity index (χ2v) is 7.69. The lowest BCUT2D eigenvalue weighted by Crippen LogP contribution is -2.09. The average Bonchev–Trinajstić information content (AvgIpc) is 3.50. The second-order valence-electron chi connectivity index (χ2n) is 6.70. The van der Waals surface area contributed by atoms with Crippen molar-refractivity contribution in [2.45, 2.75) is 13.2 Å². The number of fused-ring (bicyclic) bond motifs is 5. The number of rotatable bonds is 4. The highest BCUT2D eigenvalue weighted by molar-refractivity contribution is 7.13. The van der Waals surface area contributed by atoms with Crippen LogP contribution in [-0.2, 0) is 17.9 Å². The van der Waals surface area contributed by atoms with E-state index >= 15 is 0 Å². The maximum absolute atomic E-state index is 5.44. The van der Waals surface area contributed by atoms with E-state index in [2.05, 4.69) is 32.0 Å². The van der Waals surface area contributed by atoms with Crippen LogP contribution in [0.4, 0.5) is 0 Å². The molecule has 3 aromatic heterocycles. The molecule has 1 aromatic carbocycles. The van der Waals surface area contributed by atoms with Crippen LogP contribution in [0.3, 0.4) is 0 Å². The molecule has 0 bridgehead atoms. The summed E-state index contributed by atoms with van der Waals surface area (Å²) in [6, 6.07) is 5.86. The van der Waals surface area contributed by atoms with Crippen LogP contribution in [0.1, 0.15) is 22.1 Å². The molecule has 0 radical (unpaired) electrons. The third-order valence-corrected chi connectivity index (χ3v) is 5.82. The van der Waals surface area contributed by atoms with Crippen molar-refractivity contribution >= 4 is 11.3 Å². The van der Waals surface area contributed by atoms with Crippen molar-refractivity contribution < 1.29 is 14.2 Å². The van der Waals surface area contributed by atoms with Crippen LogP contribution < -0.4 is 9.47 Å². The van der Waals surface area contributed by atoms with Gasteiger partial charge in [-0.2, -0.15) is 0 Å². The number of aromatic nitrogens is 6. The molecule has 10 heteroatoms. The first kappa shape index (κ1) is 19.3. The van der Waals surface area contributed by atoms with Crippen LogP contribution in [0.5, 0.6) is 10.9 Å². The van der Waals surface area contributed by atoms with E-state index in [9.17, 15) is 0 Å². The molecule has 156 valence electrons. The van der Waals surface area contributed by atoms with Gasteiger partial charge in [-0.05, 0) is 30.0 Å². The number of hydrogen-bond acceptors (Lipinski definition) is 8. The van der Waals surface area contributed by atoms with Gasteiger partial charge in [0.15, 0.2) is 11.6 Å². The van der Waals surface area contributed by atoms with Crippen molar-refractivity contribution in [1.82, 2.24) is 29.3 Å². The van der Waals surface area contributed by atoms with Crippen LogP contribution in [0.25, 0.3) is 17.1 Å². The lowest BCUT2D eigenvalue weighted by molar-refractivity contribution is 0.174. The number of methoxy groups -OCH3 is 3. The second kappa shape index (κ2) is 7.86. The molecule has 9 nitrogen and oxygen atoms in total. The van der Waals surface area contributed by atoms with E-state index in [1.807, 2.05) is 27.3 Å². The van der Waals surface area contributed by atoms with E-state index in [4.69, 9.17) is 14.2 Å². The summed E-state index contributed by atoms with van der Waals surface area (Å²) < 4.78 is 20.0. The van der Waals surface area contributed by atoms with Gasteiger partial charge in [-0.15, -0.1) is 10.2 Å². The lowest BCUT2D eigenvalue weighted by Gasteiger charge is -2.09. The van der Waals surface area contributed by atoms with E-state index < -0.39 is 0 Å². The summed E-state index contributed by atoms with van der Waals surface area (Å²) in [6.07, 6.45) is 3.48. The van der Waals surface area contributed by atoms with E-state index in [1.54, 1.807) is 33.9 Å². The Balaban J connectivity index is 1.66. The Hall–Kier alpha value is -3.68. The van der Waals surface area contributed by atoms with E-state index in [0.29, 0.717) is 24.0 Å². The number of hydrogen-bond donors (Lipinski definition) is 0. The van der Waals surface area contributed by atoms with Crippen molar-refractivity contribution in [1.29, 1.82) is 0 Å². The quantitative estimate of drug-likeness (QED) is 0.402. The Morgan fingerprint density at radius 3 is 2.77 bits per heavy atom. The summed E-state index contributed by atoms with van der Waals surface area (Å²) in [4.78, 5) is 9.55. The van der Waals surface area contributed by atoms with Gasteiger partial charge in [0.25, 0.3) is 5.19 Å². The van der Waals surface area contributed by atoms with Crippen LogP contribution in [0.15, 0.2) is 30.7 Å².